The van der Waals surface area contributed by atoms with Crippen LogP contribution in [0, 0.1) is 0 Å². The summed E-state index contributed by atoms with van der Waals surface area (Å²) in [6.45, 7) is 1.31. The van der Waals surface area contributed by atoms with E-state index in [1.54, 1.807) is 0 Å². The zero-order valence-electron chi connectivity index (χ0n) is 8.40. The number of rotatable bonds is 4. The molecule has 0 heterocycles. The topological polar surface area (TPSA) is 57.5 Å². The van der Waals surface area contributed by atoms with Crippen molar-refractivity contribution in [1.29, 1.82) is 0 Å². The highest BCUT2D eigenvalue weighted by atomic mass is 79.9. The summed E-state index contributed by atoms with van der Waals surface area (Å²) in [6, 6.07) is 7.61. The van der Waals surface area contributed by atoms with Gasteiger partial charge in [-0.15, -0.1) is 0 Å². The molecule has 0 radical (unpaired) electrons. The van der Waals surface area contributed by atoms with E-state index in [1.807, 2.05) is 24.3 Å². The molecule has 82 valence electrons. The van der Waals surface area contributed by atoms with Crippen molar-refractivity contribution in [2.75, 3.05) is 0 Å². The highest BCUT2D eigenvalue weighted by molar-refractivity contribution is 9.10. The van der Waals surface area contributed by atoms with Crippen LogP contribution >= 0.6 is 15.9 Å². The third kappa shape index (κ3) is 3.64. The van der Waals surface area contributed by atoms with Gasteiger partial charge in [-0.05, 0) is 37.5 Å². The second kappa shape index (κ2) is 4.77. The van der Waals surface area contributed by atoms with Crippen molar-refractivity contribution in [2.45, 2.75) is 25.4 Å². The van der Waals surface area contributed by atoms with Crippen LogP contribution in [0.4, 0.5) is 0 Å². The van der Waals surface area contributed by atoms with Crippen molar-refractivity contribution >= 4 is 21.9 Å². The normalized spacial score (nSPS) is 14.6. The Balaban J connectivity index is 2.61. The van der Waals surface area contributed by atoms with Crippen LogP contribution < -0.4 is 0 Å². The summed E-state index contributed by atoms with van der Waals surface area (Å²) in [6.07, 6.45) is 0.748. The molecule has 1 unspecified atom stereocenters. The van der Waals surface area contributed by atoms with Gasteiger partial charge in [-0.2, -0.15) is 0 Å². The van der Waals surface area contributed by atoms with Crippen LogP contribution in [0.2, 0.25) is 0 Å². The summed E-state index contributed by atoms with van der Waals surface area (Å²) >= 11 is 3.33. The molecule has 3 nitrogen and oxygen atoms in total. The van der Waals surface area contributed by atoms with Crippen LogP contribution in [0.1, 0.15) is 18.9 Å². The fourth-order valence-electron chi connectivity index (χ4n) is 1.19. The number of aliphatic carboxylic acids is 1. The number of hydrogen-bond donors (Lipinski definition) is 2. The van der Waals surface area contributed by atoms with E-state index in [0.717, 1.165) is 10.0 Å². The Hall–Kier alpha value is -0.870. The molecule has 0 aliphatic rings. The maximum absolute atomic E-state index is 10.6. The van der Waals surface area contributed by atoms with Gasteiger partial charge in [-0.25, -0.2) is 4.79 Å². The second-order valence-electron chi connectivity index (χ2n) is 3.71. The average Bonchev–Trinajstić information content (AvgIpc) is 2.15. The van der Waals surface area contributed by atoms with Crippen molar-refractivity contribution in [3.63, 3.8) is 0 Å². The van der Waals surface area contributed by atoms with Crippen LogP contribution in [-0.2, 0) is 11.2 Å². The molecule has 2 N–H and O–H groups in total. The van der Waals surface area contributed by atoms with Gasteiger partial charge in [-0.3, -0.25) is 0 Å². The molecule has 0 aliphatic heterocycles. The molecule has 0 fully saturated rings. The first kappa shape index (κ1) is 12.2. The third-order valence-corrected chi connectivity index (χ3v) is 2.74. The van der Waals surface area contributed by atoms with Gasteiger partial charge in [-0.1, -0.05) is 28.1 Å². The summed E-state index contributed by atoms with van der Waals surface area (Å²) < 4.78 is 0.954. The van der Waals surface area contributed by atoms with Gasteiger partial charge in [0.2, 0.25) is 0 Å². The van der Waals surface area contributed by atoms with E-state index in [9.17, 15) is 9.90 Å². The maximum atomic E-state index is 10.6. The van der Waals surface area contributed by atoms with E-state index in [1.165, 1.54) is 6.92 Å². The average molecular weight is 273 g/mol. The molecule has 1 rings (SSSR count). The summed E-state index contributed by atoms with van der Waals surface area (Å²) in [5.41, 5.74) is -0.645. The Morgan fingerprint density at radius 1 is 1.53 bits per heavy atom. The minimum absolute atomic E-state index is 0.207. The number of carbonyl (C=O) groups is 1. The van der Waals surface area contributed by atoms with Crippen LogP contribution in [0.15, 0.2) is 28.7 Å². The van der Waals surface area contributed by atoms with Gasteiger partial charge in [0, 0.05) is 4.47 Å². The second-order valence-corrected chi connectivity index (χ2v) is 4.62. The lowest BCUT2D eigenvalue weighted by Gasteiger charge is -2.17. The number of halogens is 1. The Bertz CT molecular complexity index is 361. The zero-order valence-corrected chi connectivity index (χ0v) is 9.99. The molecule has 0 aromatic heterocycles. The number of carboxylic acids is 1. The Morgan fingerprint density at radius 3 is 2.73 bits per heavy atom. The number of aliphatic hydroxyl groups is 1. The monoisotopic (exact) mass is 272 g/mol. The molecule has 0 aliphatic carbocycles. The largest absolute Gasteiger partial charge is 0.479 e. The van der Waals surface area contributed by atoms with E-state index in [2.05, 4.69) is 15.9 Å². The Morgan fingerprint density at radius 2 is 2.20 bits per heavy atom. The number of aryl methyl sites for hydroxylation is 1. The summed E-state index contributed by atoms with van der Waals surface area (Å²) in [4.78, 5) is 10.6. The van der Waals surface area contributed by atoms with Gasteiger partial charge >= 0.3 is 5.97 Å². The van der Waals surface area contributed by atoms with E-state index in [4.69, 9.17) is 5.11 Å². The third-order valence-electron chi connectivity index (χ3n) is 2.25. The van der Waals surface area contributed by atoms with Crippen molar-refractivity contribution < 1.29 is 15.0 Å². The van der Waals surface area contributed by atoms with Gasteiger partial charge in [0.1, 0.15) is 0 Å². The summed E-state index contributed by atoms with van der Waals surface area (Å²) in [7, 11) is 0. The number of benzene rings is 1. The van der Waals surface area contributed by atoms with Crippen molar-refractivity contribution in [1.82, 2.24) is 0 Å². The van der Waals surface area contributed by atoms with E-state index in [-0.39, 0.29) is 6.42 Å². The van der Waals surface area contributed by atoms with Gasteiger partial charge in [0.15, 0.2) is 5.60 Å². The van der Waals surface area contributed by atoms with Crippen molar-refractivity contribution in [2.24, 2.45) is 0 Å². The van der Waals surface area contributed by atoms with E-state index < -0.39 is 11.6 Å². The van der Waals surface area contributed by atoms with Gasteiger partial charge in [0.25, 0.3) is 0 Å². The first-order valence-corrected chi connectivity index (χ1v) is 5.41. The van der Waals surface area contributed by atoms with Crippen molar-refractivity contribution in [3.8, 4) is 0 Å². The van der Waals surface area contributed by atoms with E-state index >= 15 is 0 Å². The maximum Gasteiger partial charge on any atom is 0.335 e. The smallest absolute Gasteiger partial charge is 0.335 e. The standard InChI is InChI=1S/C11H13BrO3/c1-11(15,10(13)14)6-5-8-3-2-4-9(12)7-8/h2-4,7,15H,5-6H2,1H3,(H,13,14). The summed E-state index contributed by atoms with van der Waals surface area (Å²) in [5.74, 6) is -1.18. The predicted molar refractivity (Wildman–Crippen MR) is 60.7 cm³/mol. The van der Waals surface area contributed by atoms with Crippen LogP contribution in [0.25, 0.3) is 0 Å². The molecule has 1 atom stereocenters. The molecule has 0 amide bonds. The lowest BCUT2D eigenvalue weighted by Crippen LogP contribution is -2.35. The van der Waals surface area contributed by atoms with E-state index in [0.29, 0.717) is 6.42 Å². The number of carboxylic acid groups (broad SMARTS) is 1. The van der Waals surface area contributed by atoms with Gasteiger partial charge < -0.3 is 10.2 Å². The first-order valence-electron chi connectivity index (χ1n) is 4.62. The molecule has 1 aromatic rings. The molecule has 0 saturated carbocycles. The molecule has 1 aromatic carbocycles. The molecular weight excluding hydrogens is 260 g/mol. The minimum Gasteiger partial charge on any atom is -0.479 e. The van der Waals surface area contributed by atoms with Crippen molar-refractivity contribution in [3.05, 3.63) is 34.3 Å². The molecular formula is C11H13BrO3. The van der Waals surface area contributed by atoms with Gasteiger partial charge in [0.05, 0.1) is 0 Å². The highest BCUT2D eigenvalue weighted by Gasteiger charge is 2.29. The van der Waals surface area contributed by atoms with Crippen LogP contribution in [-0.4, -0.2) is 21.8 Å². The fourth-order valence-corrected chi connectivity index (χ4v) is 1.63. The molecule has 4 heteroatoms. The first-order chi connectivity index (χ1) is 6.92. The molecule has 0 bridgehead atoms. The Labute approximate surface area is 96.9 Å². The van der Waals surface area contributed by atoms with Crippen LogP contribution in [0.3, 0.4) is 0 Å². The van der Waals surface area contributed by atoms with Crippen LogP contribution in [0.5, 0.6) is 0 Å². The molecule has 0 spiro atoms. The quantitative estimate of drug-likeness (QED) is 0.884. The zero-order chi connectivity index (χ0) is 11.5. The Kier molecular flexibility index (Phi) is 3.88. The fraction of sp³-hybridized carbons (Fsp3) is 0.364. The predicted octanol–water partition coefficient (Wildman–Crippen LogP) is 2.22. The SMILES string of the molecule is CC(O)(CCc1cccc(Br)c1)C(=O)O. The minimum atomic E-state index is -1.65. The summed E-state index contributed by atoms with van der Waals surface area (Å²) in [5, 5.41) is 18.2. The lowest BCUT2D eigenvalue weighted by molar-refractivity contribution is -0.157. The number of hydrogen-bond acceptors (Lipinski definition) is 2. The highest BCUT2D eigenvalue weighted by Crippen LogP contribution is 2.17. The lowest BCUT2D eigenvalue weighted by atomic mass is 9.97. The molecule has 0 saturated heterocycles. The molecule has 15 heavy (non-hydrogen) atoms.